The number of likely N-dealkylation sites (tertiary alicyclic amines) is 1. The lowest BCUT2D eigenvalue weighted by atomic mass is 9.88. The molecule has 0 radical (unpaired) electrons. The van der Waals surface area contributed by atoms with Crippen molar-refractivity contribution in [3.05, 3.63) is 35.4 Å². The quantitative estimate of drug-likeness (QED) is 0.603. The molecule has 0 aliphatic carbocycles. The SMILES string of the molecule is COCCNC(=O)[C@@H](NC(=O)CC(C)C)C1CCN(C(=O)c2ccccc2C)CC1. The number of carbonyl (C=O) groups excluding carboxylic acids is 3. The molecular weight excluding hydrogens is 382 g/mol. The summed E-state index contributed by atoms with van der Waals surface area (Å²) in [7, 11) is 1.58. The first-order valence-corrected chi connectivity index (χ1v) is 10.7. The van der Waals surface area contributed by atoms with E-state index in [1.54, 1.807) is 7.11 Å². The Kier molecular flexibility index (Phi) is 9.30. The Morgan fingerprint density at radius 1 is 1.17 bits per heavy atom. The van der Waals surface area contributed by atoms with Crippen molar-refractivity contribution in [2.24, 2.45) is 11.8 Å². The van der Waals surface area contributed by atoms with Crippen molar-refractivity contribution in [3.8, 4) is 0 Å². The summed E-state index contributed by atoms with van der Waals surface area (Å²) in [5.74, 6) is -0.0694. The lowest BCUT2D eigenvalue weighted by Crippen LogP contribution is -2.54. The molecule has 1 aromatic carbocycles. The highest BCUT2D eigenvalue weighted by atomic mass is 16.5. The highest BCUT2D eigenvalue weighted by Crippen LogP contribution is 2.23. The Morgan fingerprint density at radius 2 is 1.83 bits per heavy atom. The summed E-state index contributed by atoms with van der Waals surface area (Å²) in [6.07, 6.45) is 1.72. The first kappa shape index (κ1) is 23.9. The zero-order chi connectivity index (χ0) is 22.1. The van der Waals surface area contributed by atoms with Gasteiger partial charge in [0.1, 0.15) is 6.04 Å². The molecule has 1 aliphatic heterocycles. The number of nitrogens with zero attached hydrogens (tertiary/aromatic N) is 1. The minimum atomic E-state index is -0.594. The molecule has 7 heteroatoms. The summed E-state index contributed by atoms with van der Waals surface area (Å²) >= 11 is 0. The van der Waals surface area contributed by atoms with Gasteiger partial charge in [0.25, 0.3) is 5.91 Å². The third-order valence-electron chi connectivity index (χ3n) is 5.47. The van der Waals surface area contributed by atoms with Gasteiger partial charge in [-0.05, 0) is 43.2 Å². The number of ether oxygens (including phenoxy) is 1. The van der Waals surface area contributed by atoms with Crippen molar-refractivity contribution in [2.45, 2.75) is 46.1 Å². The maximum Gasteiger partial charge on any atom is 0.254 e. The third-order valence-corrected chi connectivity index (χ3v) is 5.47. The third kappa shape index (κ3) is 6.83. The molecule has 1 aromatic rings. The van der Waals surface area contributed by atoms with E-state index in [4.69, 9.17) is 4.74 Å². The molecule has 1 heterocycles. The summed E-state index contributed by atoms with van der Waals surface area (Å²) in [5.41, 5.74) is 1.68. The second kappa shape index (κ2) is 11.7. The molecular formula is C23H35N3O4. The van der Waals surface area contributed by atoms with Crippen molar-refractivity contribution in [3.63, 3.8) is 0 Å². The molecule has 2 N–H and O–H groups in total. The monoisotopic (exact) mass is 417 g/mol. The molecule has 1 saturated heterocycles. The van der Waals surface area contributed by atoms with E-state index < -0.39 is 6.04 Å². The van der Waals surface area contributed by atoms with Gasteiger partial charge in [-0.25, -0.2) is 0 Å². The van der Waals surface area contributed by atoms with Gasteiger partial charge in [0.05, 0.1) is 6.61 Å². The Balaban J connectivity index is 2.01. The normalized spacial score (nSPS) is 15.7. The Bertz CT molecular complexity index is 727. The van der Waals surface area contributed by atoms with E-state index in [0.717, 1.165) is 11.1 Å². The van der Waals surface area contributed by atoms with Crippen LogP contribution in [0.25, 0.3) is 0 Å². The van der Waals surface area contributed by atoms with E-state index in [1.165, 1.54) is 0 Å². The lowest BCUT2D eigenvalue weighted by molar-refractivity contribution is -0.131. The number of benzene rings is 1. The minimum Gasteiger partial charge on any atom is -0.383 e. The van der Waals surface area contributed by atoms with Crippen LogP contribution in [0.4, 0.5) is 0 Å². The van der Waals surface area contributed by atoms with Crippen LogP contribution in [0.15, 0.2) is 24.3 Å². The van der Waals surface area contributed by atoms with Crippen molar-refractivity contribution < 1.29 is 19.1 Å². The highest BCUT2D eigenvalue weighted by Gasteiger charge is 2.34. The molecule has 0 saturated carbocycles. The smallest absolute Gasteiger partial charge is 0.254 e. The first-order chi connectivity index (χ1) is 14.3. The number of methoxy groups -OCH3 is 1. The predicted octanol–water partition coefficient (Wildman–Crippen LogP) is 2.14. The molecule has 1 atom stereocenters. The molecule has 0 spiro atoms. The van der Waals surface area contributed by atoms with E-state index in [9.17, 15) is 14.4 Å². The fraction of sp³-hybridized carbons (Fsp3) is 0.609. The summed E-state index contributed by atoms with van der Waals surface area (Å²) in [6, 6.07) is 6.98. The molecule has 30 heavy (non-hydrogen) atoms. The second-order valence-electron chi connectivity index (χ2n) is 8.37. The number of hydrogen-bond acceptors (Lipinski definition) is 4. The summed E-state index contributed by atoms with van der Waals surface area (Å²) in [5, 5.41) is 5.78. The van der Waals surface area contributed by atoms with Crippen LogP contribution in [0, 0.1) is 18.8 Å². The van der Waals surface area contributed by atoms with Gasteiger partial charge >= 0.3 is 0 Å². The summed E-state index contributed by atoms with van der Waals surface area (Å²) < 4.78 is 5.00. The van der Waals surface area contributed by atoms with E-state index in [2.05, 4.69) is 10.6 Å². The van der Waals surface area contributed by atoms with Crippen LogP contribution < -0.4 is 10.6 Å². The number of piperidine rings is 1. The minimum absolute atomic E-state index is 0.00965. The van der Waals surface area contributed by atoms with Gasteiger partial charge in [0.2, 0.25) is 11.8 Å². The average Bonchev–Trinajstić information content (AvgIpc) is 2.71. The maximum atomic E-state index is 12.9. The van der Waals surface area contributed by atoms with Gasteiger partial charge in [-0.1, -0.05) is 32.0 Å². The Morgan fingerprint density at radius 3 is 2.43 bits per heavy atom. The molecule has 1 aliphatic rings. The number of amides is 3. The van der Waals surface area contributed by atoms with Crippen molar-refractivity contribution in [1.29, 1.82) is 0 Å². The molecule has 1 fully saturated rings. The van der Waals surface area contributed by atoms with E-state index in [-0.39, 0.29) is 29.6 Å². The first-order valence-electron chi connectivity index (χ1n) is 10.7. The number of hydrogen-bond donors (Lipinski definition) is 2. The van der Waals surface area contributed by atoms with Crippen LogP contribution in [0.5, 0.6) is 0 Å². The fourth-order valence-electron chi connectivity index (χ4n) is 3.81. The molecule has 0 aromatic heterocycles. The van der Waals surface area contributed by atoms with Crippen LogP contribution in [0.3, 0.4) is 0 Å². The second-order valence-corrected chi connectivity index (χ2v) is 8.37. The number of aryl methyl sites for hydroxylation is 1. The topological polar surface area (TPSA) is 87.7 Å². The maximum absolute atomic E-state index is 12.9. The zero-order valence-electron chi connectivity index (χ0n) is 18.6. The van der Waals surface area contributed by atoms with Crippen LogP contribution in [-0.4, -0.2) is 62.0 Å². The van der Waals surface area contributed by atoms with Crippen LogP contribution >= 0.6 is 0 Å². The Labute approximate surface area is 179 Å². The van der Waals surface area contributed by atoms with Crippen LogP contribution in [0.2, 0.25) is 0 Å². The van der Waals surface area contributed by atoms with Crippen molar-refractivity contribution in [2.75, 3.05) is 33.4 Å². The zero-order valence-corrected chi connectivity index (χ0v) is 18.6. The van der Waals surface area contributed by atoms with E-state index in [0.29, 0.717) is 45.5 Å². The van der Waals surface area contributed by atoms with Crippen molar-refractivity contribution in [1.82, 2.24) is 15.5 Å². The molecule has 3 amide bonds. The summed E-state index contributed by atoms with van der Waals surface area (Å²) in [4.78, 5) is 39.8. The van der Waals surface area contributed by atoms with Crippen LogP contribution in [-0.2, 0) is 14.3 Å². The molecule has 0 bridgehead atoms. The lowest BCUT2D eigenvalue weighted by Gasteiger charge is -2.36. The largest absolute Gasteiger partial charge is 0.383 e. The van der Waals surface area contributed by atoms with Gasteiger partial charge in [-0.2, -0.15) is 0 Å². The molecule has 2 rings (SSSR count). The van der Waals surface area contributed by atoms with Gasteiger partial charge in [-0.3, -0.25) is 14.4 Å². The van der Waals surface area contributed by atoms with Gasteiger partial charge in [0.15, 0.2) is 0 Å². The average molecular weight is 418 g/mol. The van der Waals surface area contributed by atoms with Crippen LogP contribution in [0.1, 0.15) is 49.0 Å². The number of carbonyl (C=O) groups is 3. The molecule has 166 valence electrons. The molecule has 7 nitrogen and oxygen atoms in total. The number of rotatable bonds is 9. The summed E-state index contributed by atoms with van der Waals surface area (Å²) in [6.45, 7) is 7.84. The standard InChI is InChI=1S/C23H35N3O4/c1-16(2)15-20(27)25-21(22(28)24-11-14-30-4)18-9-12-26(13-10-18)23(29)19-8-6-5-7-17(19)3/h5-8,16,18,21H,9-15H2,1-4H3,(H,24,28)(H,25,27)/t21-/m0/s1. The predicted molar refractivity (Wildman–Crippen MR) is 116 cm³/mol. The molecule has 0 unspecified atom stereocenters. The van der Waals surface area contributed by atoms with Gasteiger partial charge in [-0.15, -0.1) is 0 Å². The highest BCUT2D eigenvalue weighted by molar-refractivity contribution is 5.95. The van der Waals surface area contributed by atoms with E-state index >= 15 is 0 Å². The Hall–Kier alpha value is -2.41. The van der Waals surface area contributed by atoms with E-state index in [1.807, 2.05) is 49.9 Å². The fourth-order valence-corrected chi connectivity index (χ4v) is 3.81. The number of nitrogens with one attached hydrogen (secondary N) is 2. The van der Waals surface area contributed by atoms with Crippen molar-refractivity contribution >= 4 is 17.7 Å². The van der Waals surface area contributed by atoms with Gasteiger partial charge in [0, 0.05) is 38.7 Å². The van der Waals surface area contributed by atoms with Gasteiger partial charge < -0.3 is 20.3 Å².